The van der Waals surface area contributed by atoms with Crippen LogP contribution in [-0.2, 0) is 6.42 Å². The summed E-state index contributed by atoms with van der Waals surface area (Å²) in [5.74, 6) is 1.66. The maximum absolute atomic E-state index is 5.87. The van der Waals surface area contributed by atoms with Crippen LogP contribution in [0.5, 0.6) is 0 Å². The van der Waals surface area contributed by atoms with E-state index < -0.39 is 0 Å². The van der Waals surface area contributed by atoms with Crippen molar-refractivity contribution in [2.75, 3.05) is 13.1 Å². The molecule has 3 N–H and O–H groups in total. The van der Waals surface area contributed by atoms with E-state index in [-0.39, 0.29) is 0 Å². The van der Waals surface area contributed by atoms with E-state index in [0.29, 0.717) is 12.0 Å². The van der Waals surface area contributed by atoms with Crippen LogP contribution in [0.25, 0.3) is 5.65 Å². The Morgan fingerprint density at radius 2 is 2.15 bits per heavy atom. The van der Waals surface area contributed by atoms with Gasteiger partial charge in [0.05, 0.1) is 0 Å². The Kier molecular flexibility index (Phi) is 4.28. The SMILES string of the molecule is NCC1CCCCC1NCCc1nnc2ccccn12. The van der Waals surface area contributed by atoms with Gasteiger partial charge >= 0.3 is 0 Å². The first kappa shape index (κ1) is 13.5. The largest absolute Gasteiger partial charge is 0.330 e. The normalized spacial score (nSPS) is 23.2. The average Bonchev–Trinajstić information content (AvgIpc) is 2.91. The van der Waals surface area contributed by atoms with Gasteiger partial charge in [0.25, 0.3) is 0 Å². The number of pyridine rings is 1. The van der Waals surface area contributed by atoms with Gasteiger partial charge in [-0.3, -0.25) is 4.40 Å². The Morgan fingerprint density at radius 3 is 3.05 bits per heavy atom. The lowest BCUT2D eigenvalue weighted by atomic mass is 9.84. The summed E-state index contributed by atoms with van der Waals surface area (Å²) in [6.45, 7) is 1.74. The molecule has 0 aromatic carbocycles. The molecule has 20 heavy (non-hydrogen) atoms. The van der Waals surface area contributed by atoms with Crippen molar-refractivity contribution in [2.45, 2.75) is 38.1 Å². The zero-order valence-corrected chi connectivity index (χ0v) is 11.8. The standard InChI is InChI=1S/C15H23N5/c16-11-12-5-1-2-6-13(12)17-9-8-15-19-18-14-7-3-4-10-20(14)15/h3-4,7,10,12-13,17H,1-2,5-6,8-9,11,16H2. The lowest BCUT2D eigenvalue weighted by Crippen LogP contribution is -2.42. The Balaban J connectivity index is 1.57. The summed E-state index contributed by atoms with van der Waals surface area (Å²) in [5, 5.41) is 12.1. The van der Waals surface area contributed by atoms with E-state index in [1.54, 1.807) is 0 Å². The third-order valence-electron chi connectivity index (χ3n) is 4.35. The molecule has 1 saturated carbocycles. The summed E-state index contributed by atoms with van der Waals surface area (Å²) in [4.78, 5) is 0. The van der Waals surface area contributed by atoms with Gasteiger partial charge in [-0.05, 0) is 37.4 Å². The van der Waals surface area contributed by atoms with Crippen LogP contribution in [0.2, 0.25) is 0 Å². The van der Waals surface area contributed by atoms with Crippen molar-refractivity contribution < 1.29 is 0 Å². The Bertz CT molecular complexity index is 550. The molecule has 5 heteroatoms. The number of hydrogen-bond donors (Lipinski definition) is 2. The van der Waals surface area contributed by atoms with Crippen LogP contribution in [0.1, 0.15) is 31.5 Å². The van der Waals surface area contributed by atoms with E-state index in [4.69, 9.17) is 5.73 Å². The van der Waals surface area contributed by atoms with Crippen molar-refractivity contribution in [3.8, 4) is 0 Å². The minimum atomic E-state index is 0.577. The van der Waals surface area contributed by atoms with Crippen molar-refractivity contribution in [1.29, 1.82) is 0 Å². The molecule has 0 bridgehead atoms. The number of fused-ring (bicyclic) bond motifs is 1. The Hall–Kier alpha value is -1.46. The molecular weight excluding hydrogens is 250 g/mol. The number of nitrogens with one attached hydrogen (secondary N) is 1. The maximum Gasteiger partial charge on any atom is 0.160 e. The maximum atomic E-state index is 5.87. The van der Waals surface area contributed by atoms with Crippen LogP contribution in [-0.4, -0.2) is 33.7 Å². The van der Waals surface area contributed by atoms with Crippen LogP contribution in [0.15, 0.2) is 24.4 Å². The van der Waals surface area contributed by atoms with Gasteiger partial charge in [0.15, 0.2) is 5.65 Å². The number of aromatic nitrogens is 3. The third-order valence-corrected chi connectivity index (χ3v) is 4.35. The molecular formula is C15H23N5. The van der Waals surface area contributed by atoms with E-state index in [2.05, 4.69) is 19.9 Å². The van der Waals surface area contributed by atoms with E-state index in [0.717, 1.165) is 31.0 Å². The molecule has 3 rings (SSSR count). The summed E-state index contributed by atoms with van der Waals surface area (Å²) < 4.78 is 2.06. The summed E-state index contributed by atoms with van der Waals surface area (Å²) in [5.41, 5.74) is 6.78. The van der Waals surface area contributed by atoms with Crippen molar-refractivity contribution in [3.05, 3.63) is 30.2 Å². The highest BCUT2D eigenvalue weighted by Crippen LogP contribution is 2.23. The zero-order valence-electron chi connectivity index (χ0n) is 11.8. The number of nitrogens with zero attached hydrogens (tertiary/aromatic N) is 3. The van der Waals surface area contributed by atoms with Gasteiger partial charge in [-0.15, -0.1) is 10.2 Å². The highest BCUT2D eigenvalue weighted by Gasteiger charge is 2.23. The van der Waals surface area contributed by atoms with Crippen LogP contribution in [0.4, 0.5) is 0 Å². The van der Waals surface area contributed by atoms with Gasteiger partial charge in [0.1, 0.15) is 5.82 Å². The molecule has 2 heterocycles. The fourth-order valence-electron chi connectivity index (χ4n) is 3.19. The number of nitrogens with two attached hydrogens (primary N) is 1. The predicted octanol–water partition coefficient (Wildman–Crippen LogP) is 1.38. The summed E-state index contributed by atoms with van der Waals surface area (Å²) in [6.07, 6.45) is 8.09. The van der Waals surface area contributed by atoms with Gasteiger partial charge in [-0.2, -0.15) is 0 Å². The fourth-order valence-corrected chi connectivity index (χ4v) is 3.19. The van der Waals surface area contributed by atoms with Crippen LogP contribution in [0, 0.1) is 5.92 Å². The first-order valence-corrected chi connectivity index (χ1v) is 7.60. The van der Waals surface area contributed by atoms with E-state index >= 15 is 0 Å². The second-order valence-corrected chi connectivity index (χ2v) is 5.64. The molecule has 0 amide bonds. The Labute approximate surface area is 119 Å². The molecule has 2 aromatic heterocycles. The van der Waals surface area contributed by atoms with Gasteiger partial charge in [-0.1, -0.05) is 18.9 Å². The van der Waals surface area contributed by atoms with Crippen LogP contribution >= 0.6 is 0 Å². The number of rotatable bonds is 5. The molecule has 2 unspecified atom stereocenters. The monoisotopic (exact) mass is 273 g/mol. The van der Waals surface area contributed by atoms with Crippen LogP contribution < -0.4 is 11.1 Å². The lowest BCUT2D eigenvalue weighted by molar-refractivity contribution is 0.269. The highest BCUT2D eigenvalue weighted by atomic mass is 15.2. The molecule has 2 aromatic rings. The van der Waals surface area contributed by atoms with Crippen molar-refractivity contribution in [1.82, 2.24) is 19.9 Å². The first-order valence-electron chi connectivity index (χ1n) is 7.60. The van der Waals surface area contributed by atoms with E-state index in [1.165, 1.54) is 25.7 Å². The molecule has 5 nitrogen and oxygen atoms in total. The highest BCUT2D eigenvalue weighted by molar-refractivity contribution is 5.36. The molecule has 0 aliphatic heterocycles. The molecule has 0 radical (unpaired) electrons. The first-order chi connectivity index (χ1) is 9.88. The lowest BCUT2D eigenvalue weighted by Gasteiger charge is -2.31. The topological polar surface area (TPSA) is 68.2 Å². The van der Waals surface area contributed by atoms with Crippen LogP contribution in [0.3, 0.4) is 0 Å². The average molecular weight is 273 g/mol. The Morgan fingerprint density at radius 1 is 1.25 bits per heavy atom. The summed E-state index contributed by atoms with van der Waals surface area (Å²) in [7, 11) is 0. The quantitative estimate of drug-likeness (QED) is 0.863. The number of hydrogen-bond acceptors (Lipinski definition) is 4. The second-order valence-electron chi connectivity index (χ2n) is 5.64. The van der Waals surface area contributed by atoms with Crippen molar-refractivity contribution >= 4 is 5.65 Å². The molecule has 0 saturated heterocycles. The third kappa shape index (κ3) is 2.83. The van der Waals surface area contributed by atoms with Gasteiger partial charge < -0.3 is 11.1 Å². The predicted molar refractivity (Wildman–Crippen MR) is 79.5 cm³/mol. The second kappa shape index (κ2) is 6.33. The molecule has 1 aliphatic rings. The molecule has 1 aliphatic carbocycles. The van der Waals surface area contributed by atoms with Gasteiger partial charge in [0.2, 0.25) is 0 Å². The smallest absolute Gasteiger partial charge is 0.160 e. The minimum absolute atomic E-state index is 0.577. The zero-order chi connectivity index (χ0) is 13.8. The van der Waals surface area contributed by atoms with Gasteiger partial charge in [-0.25, -0.2) is 0 Å². The fraction of sp³-hybridized carbons (Fsp3) is 0.600. The van der Waals surface area contributed by atoms with Gasteiger partial charge in [0, 0.05) is 25.2 Å². The summed E-state index contributed by atoms with van der Waals surface area (Å²) >= 11 is 0. The molecule has 108 valence electrons. The van der Waals surface area contributed by atoms with Crippen molar-refractivity contribution in [3.63, 3.8) is 0 Å². The molecule has 0 spiro atoms. The van der Waals surface area contributed by atoms with E-state index in [1.807, 2.05) is 24.4 Å². The summed E-state index contributed by atoms with van der Waals surface area (Å²) in [6, 6.07) is 6.56. The van der Waals surface area contributed by atoms with E-state index in [9.17, 15) is 0 Å². The molecule has 1 fully saturated rings. The minimum Gasteiger partial charge on any atom is -0.330 e. The molecule has 2 atom stereocenters. The van der Waals surface area contributed by atoms with Crippen molar-refractivity contribution in [2.24, 2.45) is 11.7 Å².